The van der Waals surface area contributed by atoms with Gasteiger partial charge in [0.2, 0.25) is 0 Å². The molecular formula is C21H29O8P. The van der Waals surface area contributed by atoms with Crippen molar-refractivity contribution >= 4 is 25.2 Å². The molecule has 3 fully saturated rings. The van der Waals surface area contributed by atoms with E-state index in [1.165, 1.54) is 0 Å². The second-order valence-electron chi connectivity index (χ2n) is 9.99. The van der Waals surface area contributed by atoms with Crippen LogP contribution in [0, 0.1) is 28.6 Å². The van der Waals surface area contributed by atoms with Crippen LogP contribution in [-0.4, -0.2) is 44.5 Å². The maximum Gasteiger partial charge on any atom is 0.470 e. The number of Topliss-reactive ketones (excluding diaryl/α,β-unsaturated/α-hetero) is 2. The first kappa shape index (κ1) is 22.0. The van der Waals surface area contributed by atoms with Gasteiger partial charge in [0, 0.05) is 24.2 Å². The number of rotatable bonds is 4. The number of carbonyl (C=O) groups excluding carboxylic acids is 3. The smallest absolute Gasteiger partial charge is 0.381 e. The highest BCUT2D eigenvalue weighted by Crippen LogP contribution is 2.66. The Balaban J connectivity index is 1.65. The van der Waals surface area contributed by atoms with Gasteiger partial charge in [0.05, 0.1) is 0 Å². The fourth-order valence-corrected chi connectivity index (χ4v) is 7.39. The van der Waals surface area contributed by atoms with E-state index in [4.69, 9.17) is 9.79 Å². The zero-order valence-corrected chi connectivity index (χ0v) is 18.2. The summed E-state index contributed by atoms with van der Waals surface area (Å²) in [6, 6.07) is 0. The summed E-state index contributed by atoms with van der Waals surface area (Å²) in [6.45, 7) is 2.94. The third kappa shape index (κ3) is 3.11. The van der Waals surface area contributed by atoms with E-state index in [2.05, 4.69) is 11.4 Å². The molecule has 8 nitrogen and oxygen atoms in total. The standard InChI is InChI=1S/C21H29O8P/c1-19-7-5-13(22)9-12(19)3-4-14-15-6-8-21(25,17(24)11-29-30(26,27)28)20(15,2)10-16(23)18(14)19/h9,14-15,18,25H,3-8,10-11H2,1-2H3,(H2,26,27,28)/t14?,15?,18?,19?,20?,21-/m0/s1. The quantitative estimate of drug-likeness (QED) is 0.565. The van der Waals surface area contributed by atoms with Gasteiger partial charge in [0.1, 0.15) is 18.0 Å². The molecular weight excluding hydrogens is 411 g/mol. The minimum Gasteiger partial charge on any atom is -0.381 e. The lowest BCUT2D eigenvalue weighted by atomic mass is 9.46. The number of phosphoric ester groups is 1. The van der Waals surface area contributed by atoms with Crippen molar-refractivity contribution in [1.82, 2.24) is 0 Å². The van der Waals surface area contributed by atoms with Crippen molar-refractivity contribution < 1.29 is 38.4 Å². The number of aliphatic hydroxyl groups is 1. The lowest BCUT2D eigenvalue weighted by Gasteiger charge is -2.57. The van der Waals surface area contributed by atoms with Crippen LogP contribution in [0.4, 0.5) is 0 Å². The van der Waals surface area contributed by atoms with Gasteiger partial charge < -0.3 is 14.9 Å². The van der Waals surface area contributed by atoms with Crippen molar-refractivity contribution in [3.05, 3.63) is 11.6 Å². The fraction of sp³-hybridized carbons (Fsp3) is 0.762. The monoisotopic (exact) mass is 440 g/mol. The number of hydrogen-bond donors (Lipinski definition) is 3. The Hall–Kier alpha value is -1.18. The topological polar surface area (TPSA) is 138 Å². The molecule has 6 atom stereocenters. The van der Waals surface area contributed by atoms with Gasteiger partial charge in [-0.25, -0.2) is 4.57 Å². The van der Waals surface area contributed by atoms with Gasteiger partial charge in [-0.3, -0.25) is 18.9 Å². The van der Waals surface area contributed by atoms with Crippen LogP contribution in [-0.2, 0) is 23.5 Å². The minimum atomic E-state index is -4.85. The van der Waals surface area contributed by atoms with Crippen molar-refractivity contribution in [2.45, 2.75) is 64.4 Å². The van der Waals surface area contributed by atoms with E-state index in [-0.39, 0.29) is 47.6 Å². The maximum atomic E-state index is 13.5. The molecule has 4 aliphatic rings. The Morgan fingerprint density at radius 3 is 2.57 bits per heavy atom. The third-order valence-corrected chi connectivity index (χ3v) is 9.10. The zero-order valence-electron chi connectivity index (χ0n) is 17.3. The van der Waals surface area contributed by atoms with E-state index >= 15 is 0 Å². The highest BCUT2D eigenvalue weighted by atomic mass is 31.2. The molecule has 0 aliphatic heterocycles. The molecule has 0 aromatic heterocycles. The Morgan fingerprint density at radius 2 is 1.90 bits per heavy atom. The second kappa shape index (κ2) is 6.91. The van der Waals surface area contributed by atoms with Gasteiger partial charge in [-0.15, -0.1) is 0 Å². The lowest BCUT2D eigenvalue weighted by Crippen LogP contribution is -2.61. The third-order valence-electron chi connectivity index (χ3n) is 8.63. The fourth-order valence-electron chi connectivity index (χ4n) is 7.11. The van der Waals surface area contributed by atoms with Crippen LogP contribution in [0.3, 0.4) is 0 Å². The number of allylic oxidation sites excluding steroid dienone is 1. The molecule has 0 amide bonds. The molecule has 5 unspecified atom stereocenters. The first-order chi connectivity index (χ1) is 13.8. The highest BCUT2D eigenvalue weighted by molar-refractivity contribution is 7.46. The number of carbonyl (C=O) groups is 3. The number of ketones is 3. The van der Waals surface area contributed by atoms with Crippen molar-refractivity contribution in [2.24, 2.45) is 28.6 Å². The molecule has 0 heterocycles. The van der Waals surface area contributed by atoms with E-state index in [1.807, 2.05) is 0 Å². The van der Waals surface area contributed by atoms with Gasteiger partial charge in [-0.1, -0.05) is 19.4 Å². The molecule has 4 rings (SSSR count). The molecule has 30 heavy (non-hydrogen) atoms. The van der Waals surface area contributed by atoms with Gasteiger partial charge >= 0.3 is 7.82 Å². The summed E-state index contributed by atoms with van der Waals surface area (Å²) in [6.07, 6.45) is 5.01. The van der Waals surface area contributed by atoms with E-state index in [9.17, 15) is 24.1 Å². The molecule has 3 N–H and O–H groups in total. The zero-order chi connectivity index (χ0) is 22.1. The second-order valence-corrected chi connectivity index (χ2v) is 11.2. The number of fused-ring (bicyclic) bond motifs is 5. The van der Waals surface area contributed by atoms with Crippen molar-refractivity contribution in [2.75, 3.05) is 6.61 Å². The summed E-state index contributed by atoms with van der Waals surface area (Å²) in [5.74, 6) is -0.943. The Morgan fingerprint density at radius 1 is 1.20 bits per heavy atom. The van der Waals surface area contributed by atoms with Crippen LogP contribution in [0.2, 0.25) is 0 Å². The van der Waals surface area contributed by atoms with E-state index in [0.717, 1.165) is 18.4 Å². The van der Waals surface area contributed by atoms with Crippen molar-refractivity contribution in [3.8, 4) is 0 Å². The molecule has 0 radical (unpaired) electrons. The summed E-state index contributed by atoms with van der Waals surface area (Å²) in [4.78, 5) is 56.0. The molecule has 0 spiro atoms. The van der Waals surface area contributed by atoms with Crippen LogP contribution >= 0.6 is 7.82 Å². The van der Waals surface area contributed by atoms with Crippen molar-refractivity contribution in [3.63, 3.8) is 0 Å². The minimum absolute atomic E-state index is 0.00484. The predicted octanol–water partition coefficient (Wildman–Crippen LogP) is 2.11. The van der Waals surface area contributed by atoms with Crippen LogP contribution in [0.1, 0.15) is 58.8 Å². The first-order valence-electron chi connectivity index (χ1n) is 10.5. The summed E-state index contributed by atoms with van der Waals surface area (Å²) in [5, 5.41) is 11.4. The largest absolute Gasteiger partial charge is 0.470 e. The van der Waals surface area contributed by atoms with Crippen LogP contribution in [0.5, 0.6) is 0 Å². The molecule has 4 aliphatic carbocycles. The summed E-state index contributed by atoms with van der Waals surface area (Å²) < 4.78 is 15.4. The predicted molar refractivity (Wildman–Crippen MR) is 105 cm³/mol. The summed E-state index contributed by atoms with van der Waals surface area (Å²) in [7, 11) is -4.85. The van der Waals surface area contributed by atoms with Crippen molar-refractivity contribution in [1.29, 1.82) is 0 Å². The van der Waals surface area contributed by atoms with E-state index < -0.39 is 31.2 Å². The van der Waals surface area contributed by atoms with Gasteiger partial charge in [-0.2, -0.15) is 0 Å². The number of hydrogen-bond acceptors (Lipinski definition) is 6. The summed E-state index contributed by atoms with van der Waals surface area (Å²) >= 11 is 0. The van der Waals surface area contributed by atoms with Crippen LogP contribution in [0.15, 0.2) is 11.6 Å². The molecule has 0 saturated heterocycles. The molecule has 166 valence electrons. The Labute approximate surface area is 175 Å². The Bertz CT molecular complexity index is 889. The van der Waals surface area contributed by atoms with E-state index in [1.54, 1.807) is 13.0 Å². The average Bonchev–Trinajstić information content (AvgIpc) is 2.91. The molecule has 0 aromatic rings. The van der Waals surface area contributed by atoms with Crippen LogP contribution in [0.25, 0.3) is 0 Å². The van der Waals surface area contributed by atoms with Crippen LogP contribution < -0.4 is 0 Å². The van der Waals surface area contributed by atoms with E-state index in [0.29, 0.717) is 19.3 Å². The molecule has 0 bridgehead atoms. The Kier molecular flexibility index (Phi) is 5.07. The van der Waals surface area contributed by atoms with Gasteiger partial charge in [0.25, 0.3) is 0 Å². The maximum absolute atomic E-state index is 13.5. The normalized spacial score (nSPS) is 43.5. The summed E-state index contributed by atoms with van der Waals surface area (Å²) in [5.41, 5.74) is -2.16. The SMILES string of the molecule is CC12CCC(=O)C=C1CCC1C2C(=O)CC2(C)C1CC[C@]2(O)C(=O)COP(=O)(O)O. The van der Waals surface area contributed by atoms with Gasteiger partial charge in [-0.05, 0) is 55.4 Å². The average molecular weight is 440 g/mol. The highest BCUT2D eigenvalue weighted by Gasteiger charge is 2.68. The molecule has 9 heteroatoms. The lowest BCUT2D eigenvalue weighted by molar-refractivity contribution is -0.170. The molecule has 0 aromatic carbocycles. The number of phosphoric acid groups is 1. The first-order valence-corrected chi connectivity index (χ1v) is 12.1. The van der Waals surface area contributed by atoms with Gasteiger partial charge in [0.15, 0.2) is 11.6 Å². The molecule has 3 saturated carbocycles.